The molecule has 0 unspecified atom stereocenters. The minimum atomic E-state index is 0.524. The van der Waals surface area contributed by atoms with Gasteiger partial charge in [-0.1, -0.05) is 11.6 Å². The Morgan fingerprint density at radius 2 is 2.15 bits per heavy atom. The van der Waals surface area contributed by atoms with Crippen molar-refractivity contribution in [3.8, 4) is 6.07 Å². The van der Waals surface area contributed by atoms with E-state index in [4.69, 9.17) is 16.9 Å². The molecular formula is C14H10ClN5. The van der Waals surface area contributed by atoms with E-state index in [-0.39, 0.29) is 0 Å². The molecule has 1 aromatic carbocycles. The average molecular weight is 284 g/mol. The molecule has 6 heteroatoms. The largest absolute Gasteiger partial charge is 0.378 e. The van der Waals surface area contributed by atoms with Gasteiger partial charge in [-0.3, -0.25) is 0 Å². The van der Waals surface area contributed by atoms with Crippen molar-refractivity contribution in [2.45, 2.75) is 6.54 Å². The molecule has 0 radical (unpaired) electrons. The van der Waals surface area contributed by atoms with Gasteiger partial charge in [0, 0.05) is 17.3 Å². The zero-order valence-electron chi connectivity index (χ0n) is 10.4. The van der Waals surface area contributed by atoms with Crippen molar-refractivity contribution >= 4 is 22.9 Å². The first kappa shape index (κ1) is 12.5. The lowest BCUT2D eigenvalue weighted by atomic mass is 10.2. The maximum atomic E-state index is 9.08. The molecule has 0 aliphatic rings. The van der Waals surface area contributed by atoms with E-state index in [1.807, 2.05) is 12.1 Å². The summed E-state index contributed by atoms with van der Waals surface area (Å²) in [4.78, 5) is 4.20. The van der Waals surface area contributed by atoms with Crippen LogP contribution in [0.4, 0.5) is 5.69 Å². The van der Waals surface area contributed by atoms with Crippen LogP contribution in [0, 0.1) is 11.3 Å². The van der Waals surface area contributed by atoms with Gasteiger partial charge in [0.1, 0.15) is 6.07 Å². The number of halogens is 1. The number of nitriles is 1. The third-order valence-corrected chi connectivity index (χ3v) is 3.17. The summed E-state index contributed by atoms with van der Waals surface area (Å²) in [6.45, 7) is 0.524. The third-order valence-electron chi connectivity index (χ3n) is 2.93. The van der Waals surface area contributed by atoms with E-state index in [0.717, 1.165) is 11.3 Å². The van der Waals surface area contributed by atoms with E-state index in [9.17, 15) is 0 Å². The summed E-state index contributed by atoms with van der Waals surface area (Å²) in [5, 5.41) is 17.1. The quantitative estimate of drug-likeness (QED) is 0.803. The molecular weight excluding hydrogens is 274 g/mol. The molecule has 2 aromatic heterocycles. The summed E-state index contributed by atoms with van der Waals surface area (Å²) in [5.74, 6) is 0. The van der Waals surface area contributed by atoms with Crippen LogP contribution in [0.25, 0.3) is 5.65 Å². The fraction of sp³-hybridized carbons (Fsp3) is 0.0714. The SMILES string of the molecule is N#Cc1ccc(Cl)cc1NCc1ccnc2ccnn12. The van der Waals surface area contributed by atoms with Crippen molar-refractivity contribution in [2.24, 2.45) is 0 Å². The summed E-state index contributed by atoms with van der Waals surface area (Å²) in [5.41, 5.74) is 3.00. The second-order valence-electron chi connectivity index (χ2n) is 4.19. The lowest BCUT2D eigenvalue weighted by Crippen LogP contribution is -2.07. The third kappa shape index (κ3) is 2.29. The smallest absolute Gasteiger partial charge is 0.155 e. The standard InChI is InChI=1S/C14H10ClN5/c15-11-2-1-10(8-16)13(7-11)18-9-12-3-5-17-14-4-6-19-20(12)14/h1-7,18H,9H2. The fourth-order valence-electron chi connectivity index (χ4n) is 1.97. The Morgan fingerprint density at radius 1 is 1.25 bits per heavy atom. The Balaban J connectivity index is 1.89. The van der Waals surface area contributed by atoms with Crippen molar-refractivity contribution < 1.29 is 0 Å². The number of fused-ring (bicyclic) bond motifs is 1. The van der Waals surface area contributed by atoms with Gasteiger partial charge in [0.2, 0.25) is 0 Å². The van der Waals surface area contributed by atoms with Gasteiger partial charge in [0.15, 0.2) is 5.65 Å². The van der Waals surface area contributed by atoms with E-state index in [0.29, 0.717) is 22.8 Å². The summed E-state index contributed by atoms with van der Waals surface area (Å²) in [7, 11) is 0. The fourth-order valence-corrected chi connectivity index (χ4v) is 2.14. The molecule has 1 N–H and O–H groups in total. The minimum Gasteiger partial charge on any atom is -0.378 e. The molecule has 0 saturated carbocycles. The lowest BCUT2D eigenvalue weighted by Gasteiger charge is -2.09. The highest BCUT2D eigenvalue weighted by Crippen LogP contribution is 2.21. The van der Waals surface area contributed by atoms with Crippen LogP contribution in [0.15, 0.2) is 42.7 Å². The van der Waals surface area contributed by atoms with Gasteiger partial charge in [-0.2, -0.15) is 10.4 Å². The maximum Gasteiger partial charge on any atom is 0.155 e. The summed E-state index contributed by atoms with van der Waals surface area (Å²) in [6, 6.07) is 11.0. The number of hydrogen-bond donors (Lipinski definition) is 1. The Morgan fingerprint density at radius 3 is 3.00 bits per heavy atom. The van der Waals surface area contributed by atoms with Crippen LogP contribution in [0.3, 0.4) is 0 Å². The van der Waals surface area contributed by atoms with Crippen LogP contribution in [0.2, 0.25) is 5.02 Å². The number of aromatic nitrogens is 3. The van der Waals surface area contributed by atoms with Crippen molar-refractivity contribution in [2.75, 3.05) is 5.32 Å². The van der Waals surface area contributed by atoms with Crippen molar-refractivity contribution in [3.63, 3.8) is 0 Å². The number of hydrogen-bond acceptors (Lipinski definition) is 4. The Labute approximate surface area is 120 Å². The molecule has 0 fully saturated rings. The van der Waals surface area contributed by atoms with Crippen LogP contribution < -0.4 is 5.32 Å². The van der Waals surface area contributed by atoms with Crippen molar-refractivity contribution in [3.05, 3.63) is 59.0 Å². The number of anilines is 1. The first-order chi connectivity index (χ1) is 9.78. The molecule has 0 aliphatic heterocycles. The molecule has 0 bridgehead atoms. The summed E-state index contributed by atoms with van der Waals surface area (Å²) in [6.07, 6.45) is 3.43. The highest BCUT2D eigenvalue weighted by Gasteiger charge is 2.05. The van der Waals surface area contributed by atoms with E-state index in [1.165, 1.54) is 0 Å². The van der Waals surface area contributed by atoms with Crippen molar-refractivity contribution in [1.82, 2.24) is 14.6 Å². The predicted molar refractivity (Wildman–Crippen MR) is 76.5 cm³/mol. The average Bonchev–Trinajstić information content (AvgIpc) is 2.94. The van der Waals surface area contributed by atoms with Crippen LogP contribution in [-0.4, -0.2) is 14.6 Å². The Hall–Kier alpha value is -2.58. The molecule has 5 nitrogen and oxygen atoms in total. The van der Waals surface area contributed by atoms with Gasteiger partial charge in [0.05, 0.1) is 29.7 Å². The normalized spacial score (nSPS) is 10.4. The van der Waals surface area contributed by atoms with E-state index < -0.39 is 0 Å². The molecule has 0 aliphatic carbocycles. The van der Waals surface area contributed by atoms with Gasteiger partial charge < -0.3 is 5.32 Å². The molecule has 98 valence electrons. The van der Waals surface area contributed by atoms with Crippen LogP contribution in [-0.2, 0) is 6.54 Å². The molecule has 0 saturated heterocycles. The highest BCUT2D eigenvalue weighted by molar-refractivity contribution is 6.30. The minimum absolute atomic E-state index is 0.524. The highest BCUT2D eigenvalue weighted by atomic mass is 35.5. The Kier molecular flexibility index (Phi) is 3.23. The van der Waals surface area contributed by atoms with Crippen LogP contribution >= 0.6 is 11.6 Å². The number of nitrogens with one attached hydrogen (secondary N) is 1. The van der Waals surface area contributed by atoms with E-state index in [2.05, 4.69) is 21.5 Å². The van der Waals surface area contributed by atoms with Gasteiger partial charge in [-0.25, -0.2) is 9.50 Å². The van der Waals surface area contributed by atoms with Gasteiger partial charge in [-0.15, -0.1) is 0 Å². The van der Waals surface area contributed by atoms with Gasteiger partial charge in [-0.05, 0) is 24.3 Å². The van der Waals surface area contributed by atoms with E-state index in [1.54, 1.807) is 35.1 Å². The Bertz CT molecular complexity index is 803. The lowest BCUT2D eigenvalue weighted by molar-refractivity contribution is 0.854. The first-order valence-corrected chi connectivity index (χ1v) is 6.37. The van der Waals surface area contributed by atoms with Crippen LogP contribution in [0.1, 0.15) is 11.3 Å². The second-order valence-corrected chi connectivity index (χ2v) is 4.63. The summed E-state index contributed by atoms with van der Waals surface area (Å²) >= 11 is 5.96. The molecule has 3 rings (SSSR count). The first-order valence-electron chi connectivity index (χ1n) is 5.99. The zero-order valence-corrected chi connectivity index (χ0v) is 11.2. The zero-order chi connectivity index (χ0) is 13.9. The topological polar surface area (TPSA) is 66.0 Å². The number of rotatable bonds is 3. The van der Waals surface area contributed by atoms with E-state index >= 15 is 0 Å². The molecule has 3 aromatic rings. The monoisotopic (exact) mass is 283 g/mol. The molecule has 0 amide bonds. The number of benzene rings is 1. The predicted octanol–water partition coefficient (Wildman–Crippen LogP) is 2.87. The molecule has 2 heterocycles. The molecule has 0 atom stereocenters. The summed E-state index contributed by atoms with van der Waals surface area (Å²) < 4.78 is 1.75. The van der Waals surface area contributed by atoms with Crippen molar-refractivity contribution in [1.29, 1.82) is 5.26 Å². The molecule has 20 heavy (non-hydrogen) atoms. The van der Waals surface area contributed by atoms with Crippen LogP contribution in [0.5, 0.6) is 0 Å². The molecule has 0 spiro atoms. The second kappa shape index (κ2) is 5.19. The van der Waals surface area contributed by atoms with Gasteiger partial charge >= 0.3 is 0 Å². The number of nitrogens with zero attached hydrogens (tertiary/aromatic N) is 4. The maximum absolute atomic E-state index is 9.08. The van der Waals surface area contributed by atoms with Gasteiger partial charge in [0.25, 0.3) is 0 Å².